The van der Waals surface area contributed by atoms with Gasteiger partial charge >= 0.3 is 7.12 Å². The van der Waals surface area contributed by atoms with Crippen molar-refractivity contribution >= 4 is 29.3 Å². The normalized spacial score (nSPS) is 13.6. The maximum absolute atomic E-state index is 13.6. The summed E-state index contributed by atoms with van der Waals surface area (Å²) in [7, 11) is -1.59. The lowest BCUT2D eigenvalue weighted by Gasteiger charge is -2.15. The number of aromatic nitrogens is 4. The zero-order valence-electron chi connectivity index (χ0n) is 17.5. The van der Waals surface area contributed by atoms with E-state index < -0.39 is 7.12 Å². The molecular formula is C23H23BFN5O2. The Kier molecular flexibility index (Phi) is 5.59. The lowest BCUT2D eigenvalue weighted by atomic mass is 9.78. The van der Waals surface area contributed by atoms with Crippen molar-refractivity contribution in [2.24, 2.45) is 0 Å². The van der Waals surface area contributed by atoms with Crippen molar-refractivity contribution in [2.75, 3.05) is 5.32 Å². The van der Waals surface area contributed by atoms with Crippen LogP contribution in [0.25, 0.3) is 16.9 Å². The third-order valence-corrected chi connectivity index (χ3v) is 5.89. The van der Waals surface area contributed by atoms with Crippen molar-refractivity contribution in [2.45, 2.75) is 38.6 Å². The Morgan fingerprint density at radius 1 is 1.03 bits per heavy atom. The zero-order valence-corrected chi connectivity index (χ0v) is 17.5. The van der Waals surface area contributed by atoms with E-state index in [4.69, 9.17) is 9.97 Å². The molecule has 0 bridgehead atoms. The summed E-state index contributed by atoms with van der Waals surface area (Å²) in [5.74, 6) is 0.890. The van der Waals surface area contributed by atoms with Gasteiger partial charge in [0.2, 0.25) is 0 Å². The van der Waals surface area contributed by atoms with E-state index in [9.17, 15) is 14.4 Å². The molecule has 0 saturated heterocycles. The van der Waals surface area contributed by atoms with Crippen LogP contribution in [0.1, 0.15) is 36.1 Å². The van der Waals surface area contributed by atoms with Crippen LogP contribution < -0.4 is 10.8 Å². The quantitative estimate of drug-likeness (QED) is 0.332. The second kappa shape index (κ2) is 8.68. The fourth-order valence-electron chi connectivity index (χ4n) is 4.29. The van der Waals surface area contributed by atoms with E-state index in [1.165, 1.54) is 12.1 Å². The number of nitrogens with zero attached hydrogens (tertiary/aromatic N) is 4. The summed E-state index contributed by atoms with van der Waals surface area (Å²) < 4.78 is 15.2. The van der Waals surface area contributed by atoms with Gasteiger partial charge in [-0.3, -0.25) is 0 Å². The second-order valence-electron chi connectivity index (χ2n) is 8.05. The smallest absolute Gasteiger partial charge is 0.423 e. The predicted molar refractivity (Wildman–Crippen MR) is 121 cm³/mol. The number of fused-ring (bicyclic) bond motifs is 2. The average molecular weight is 431 g/mol. The number of anilines is 1. The molecule has 0 saturated carbocycles. The highest BCUT2D eigenvalue weighted by atomic mass is 19.1. The molecule has 162 valence electrons. The standard InChI is InChI=1S/C23H23BFN5O2/c25-16-7-4-6-15(12-16)13-26-22-17-8-2-1-3-10-20(17)28-23(29-22)30-21-11-5-9-19(24(31)32)18(21)14-27-30/h4-7,9,11-12,14,31-32H,1-3,8,10,13H2,(H,26,28,29). The molecule has 4 aromatic rings. The fourth-order valence-corrected chi connectivity index (χ4v) is 4.29. The van der Waals surface area contributed by atoms with E-state index in [-0.39, 0.29) is 5.82 Å². The topological polar surface area (TPSA) is 96.1 Å². The van der Waals surface area contributed by atoms with Crippen molar-refractivity contribution in [3.8, 4) is 5.95 Å². The molecule has 0 aliphatic heterocycles. The Labute approximate surface area is 185 Å². The minimum atomic E-state index is -1.59. The molecule has 0 unspecified atom stereocenters. The van der Waals surface area contributed by atoms with Gasteiger partial charge in [-0.25, -0.2) is 9.37 Å². The first-order valence-electron chi connectivity index (χ1n) is 10.8. The monoisotopic (exact) mass is 431 g/mol. The molecule has 0 radical (unpaired) electrons. The molecule has 5 rings (SSSR count). The molecule has 0 atom stereocenters. The summed E-state index contributed by atoms with van der Waals surface area (Å²) >= 11 is 0. The molecule has 1 aliphatic rings. The third-order valence-electron chi connectivity index (χ3n) is 5.89. The Bertz CT molecular complexity index is 1280. The van der Waals surface area contributed by atoms with Gasteiger partial charge in [-0.05, 0) is 54.9 Å². The van der Waals surface area contributed by atoms with Crippen LogP contribution in [0.3, 0.4) is 0 Å². The van der Waals surface area contributed by atoms with Crippen molar-refractivity contribution in [1.29, 1.82) is 0 Å². The van der Waals surface area contributed by atoms with Crippen molar-refractivity contribution in [3.63, 3.8) is 0 Å². The SMILES string of the molecule is OB(O)c1cccc2c1cnn2-c1nc2c(c(NCc3cccc(F)c3)n1)CCCCC2. The van der Waals surface area contributed by atoms with Crippen LogP contribution in [-0.4, -0.2) is 36.9 Å². The molecular weight excluding hydrogens is 408 g/mol. The molecule has 0 spiro atoms. The van der Waals surface area contributed by atoms with E-state index in [1.807, 2.05) is 12.1 Å². The second-order valence-corrected chi connectivity index (χ2v) is 8.05. The number of halogens is 1. The highest BCUT2D eigenvalue weighted by Crippen LogP contribution is 2.27. The van der Waals surface area contributed by atoms with Crippen molar-refractivity contribution in [3.05, 3.63) is 71.3 Å². The van der Waals surface area contributed by atoms with E-state index in [1.54, 1.807) is 29.1 Å². The highest BCUT2D eigenvalue weighted by Gasteiger charge is 2.21. The number of hydrogen-bond donors (Lipinski definition) is 3. The summed E-state index contributed by atoms with van der Waals surface area (Å²) in [6.07, 6.45) is 6.62. The van der Waals surface area contributed by atoms with Crippen LogP contribution >= 0.6 is 0 Å². The summed E-state index contributed by atoms with van der Waals surface area (Å²) in [5.41, 5.74) is 4.01. The number of rotatable bonds is 5. The molecule has 2 aromatic carbocycles. The first kappa shape index (κ1) is 20.6. The van der Waals surface area contributed by atoms with Crippen LogP contribution in [-0.2, 0) is 19.4 Å². The summed E-state index contributed by atoms with van der Waals surface area (Å²) in [4.78, 5) is 9.63. The molecule has 2 heterocycles. The number of nitrogens with one attached hydrogen (secondary N) is 1. The van der Waals surface area contributed by atoms with Crippen LogP contribution in [0.2, 0.25) is 0 Å². The zero-order chi connectivity index (χ0) is 22.1. The molecule has 3 N–H and O–H groups in total. The summed E-state index contributed by atoms with van der Waals surface area (Å²) in [5, 5.41) is 27.8. The third kappa shape index (κ3) is 3.97. The molecule has 32 heavy (non-hydrogen) atoms. The lowest BCUT2D eigenvalue weighted by Crippen LogP contribution is -2.30. The van der Waals surface area contributed by atoms with Gasteiger partial charge < -0.3 is 15.4 Å². The van der Waals surface area contributed by atoms with Crippen LogP contribution in [0, 0.1) is 5.82 Å². The largest absolute Gasteiger partial charge is 0.489 e. The molecule has 0 fully saturated rings. The van der Waals surface area contributed by atoms with Gasteiger partial charge in [-0.1, -0.05) is 30.7 Å². The first-order valence-corrected chi connectivity index (χ1v) is 10.8. The lowest BCUT2D eigenvalue weighted by molar-refractivity contribution is 0.426. The maximum atomic E-state index is 13.6. The average Bonchev–Trinajstić information content (AvgIpc) is 3.08. The minimum Gasteiger partial charge on any atom is -0.423 e. The van der Waals surface area contributed by atoms with E-state index in [0.717, 1.165) is 54.7 Å². The molecule has 7 nitrogen and oxygen atoms in total. The molecule has 2 aromatic heterocycles. The Morgan fingerprint density at radius 3 is 2.72 bits per heavy atom. The Morgan fingerprint density at radius 2 is 1.88 bits per heavy atom. The van der Waals surface area contributed by atoms with Gasteiger partial charge in [0.15, 0.2) is 0 Å². The van der Waals surface area contributed by atoms with Crippen LogP contribution in [0.4, 0.5) is 10.2 Å². The molecule has 0 amide bonds. The number of hydrogen-bond acceptors (Lipinski definition) is 6. The van der Waals surface area contributed by atoms with Gasteiger partial charge in [0, 0.05) is 17.5 Å². The predicted octanol–water partition coefficient (Wildman–Crippen LogP) is 2.52. The van der Waals surface area contributed by atoms with Crippen LogP contribution in [0.5, 0.6) is 0 Å². The Balaban J connectivity index is 1.58. The first-order chi connectivity index (χ1) is 15.6. The molecule has 9 heteroatoms. The van der Waals surface area contributed by atoms with Gasteiger partial charge in [0.05, 0.1) is 17.4 Å². The Hall–Kier alpha value is -3.30. The van der Waals surface area contributed by atoms with Gasteiger partial charge in [0.1, 0.15) is 11.6 Å². The molecule has 1 aliphatic carbocycles. The van der Waals surface area contributed by atoms with Crippen molar-refractivity contribution < 1.29 is 14.4 Å². The van der Waals surface area contributed by atoms with Gasteiger partial charge in [0.25, 0.3) is 5.95 Å². The van der Waals surface area contributed by atoms with E-state index >= 15 is 0 Å². The van der Waals surface area contributed by atoms with E-state index in [2.05, 4.69) is 10.4 Å². The minimum absolute atomic E-state index is 0.267. The summed E-state index contributed by atoms with van der Waals surface area (Å²) in [6, 6.07) is 11.8. The summed E-state index contributed by atoms with van der Waals surface area (Å²) in [6.45, 7) is 0.446. The number of benzene rings is 2. The van der Waals surface area contributed by atoms with Gasteiger partial charge in [-0.2, -0.15) is 14.8 Å². The number of aryl methyl sites for hydroxylation is 1. The fraction of sp³-hybridized carbons (Fsp3) is 0.261. The van der Waals surface area contributed by atoms with Crippen LogP contribution in [0.15, 0.2) is 48.7 Å². The highest BCUT2D eigenvalue weighted by molar-refractivity contribution is 6.61. The maximum Gasteiger partial charge on any atom is 0.489 e. The van der Waals surface area contributed by atoms with E-state index in [0.29, 0.717) is 28.9 Å². The van der Waals surface area contributed by atoms with Crippen molar-refractivity contribution in [1.82, 2.24) is 19.7 Å². The van der Waals surface area contributed by atoms with Gasteiger partial charge in [-0.15, -0.1) is 0 Å².